The summed E-state index contributed by atoms with van der Waals surface area (Å²) in [5.41, 5.74) is 1.24. The van der Waals surface area contributed by atoms with Gasteiger partial charge in [0.1, 0.15) is 5.82 Å². The molecule has 32 heavy (non-hydrogen) atoms. The zero-order valence-corrected chi connectivity index (χ0v) is 18.7. The van der Waals surface area contributed by atoms with Crippen LogP contribution in [0.1, 0.15) is 5.56 Å². The number of methoxy groups -OCH3 is 1. The topological polar surface area (TPSA) is 100 Å². The van der Waals surface area contributed by atoms with E-state index in [1.807, 2.05) is 42.5 Å². The largest absolute Gasteiger partial charge is 0.454 e. The lowest BCUT2D eigenvalue weighted by atomic mass is 10.2. The number of fused-ring (bicyclic) bond motifs is 2. The molecular formula is C22H19BrN4O5. The zero-order valence-electron chi connectivity index (χ0n) is 17.1. The van der Waals surface area contributed by atoms with Crippen molar-refractivity contribution in [1.82, 2.24) is 19.1 Å². The molecule has 0 radical (unpaired) electrons. The highest BCUT2D eigenvalue weighted by Gasteiger charge is 2.24. The second-order valence-corrected chi connectivity index (χ2v) is 8.13. The molecule has 0 saturated carbocycles. The van der Waals surface area contributed by atoms with Gasteiger partial charge in [-0.15, -0.1) is 0 Å². The number of halogens is 1. The maximum Gasteiger partial charge on any atom is 0.330 e. The van der Waals surface area contributed by atoms with E-state index in [0.29, 0.717) is 51.7 Å². The first kappa shape index (κ1) is 20.5. The second kappa shape index (κ2) is 8.29. The van der Waals surface area contributed by atoms with Gasteiger partial charge >= 0.3 is 5.69 Å². The van der Waals surface area contributed by atoms with Crippen molar-refractivity contribution in [2.75, 3.05) is 20.5 Å². The van der Waals surface area contributed by atoms with E-state index in [1.165, 1.54) is 4.57 Å². The summed E-state index contributed by atoms with van der Waals surface area (Å²) < 4.78 is 20.2. The summed E-state index contributed by atoms with van der Waals surface area (Å²) >= 11 is 3.51. The molecule has 0 unspecified atom stereocenters. The first-order chi connectivity index (χ1) is 15.6. The molecule has 0 aliphatic carbocycles. The number of aromatic nitrogens is 4. The van der Waals surface area contributed by atoms with Crippen molar-refractivity contribution in [3.63, 3.8) is 0 Å². The fourth-order valence-electron chi connectivity index (χ4n) is 3.80. The van der Waals surface area contributed by atoms with Crippen molar-refractivity contribution in [3.05, 3.63) is 73.3 Å². The zero-order chi connectivity index (χ0) is 22.2. The number of nitrogens with zero attached hydrogens (tertiary/aromatic N) is 3. The number of ether oxygens (including phenoxy) is 3. The molecule has 2 aromatic heterocycles. The van der Waals surface area contributed by atoms with Gasteiger partial charge in [0.2, 0.25) is 6.79 Å². The first-order valence-electron chi connectivity index (χ1n) is 9.92. The Bertz CT molecular complexity index is 1420. The van der Waals surface area contributed by atoms with E-state index in [0.717, 1.165) is 5.56 Å². The molecule has 0 spiro atoms. The van der Waals surface area contributed by atoms with Gasteiger partial charge < -0.3 is 18.8 Å². The molecule has 1 aliphatic heterocycles. The fraction of sp³-hybridized carbons (Fsp3) is 0.227. The van der Waals surface area contributed by atoms with Gasteiger partial charge in [0.25, 0.3) is 5.56 Å². The SMILES string of the molecule is COCCn1c(-c2cc(Br)c3c(c2)OCO3)nc2c1c(=O)[nH]c(=O)n2Cc1ccccc1. The van der Waals surface area contributed by atoms with Gasteiger partial charge in [-0.05, 0) is 33.6 Å². The third-order valence-corrected chi connectivity index (χ3v) is 5.86. The van der Waals surface area contributed by atoms with E-state index in [4.69, 9.17) is 19.2 Å². The molecule has 1 aliphatic rings. The molecule has 0 amide bonds. The Labute approximate surface area is 190 Å². The van der Waals surface area contributed by atoms with Gasteiger partial charge in [0, 0.05) is 19.2 Å². The third-order valence-electron chi connectivity index (χ3n) is 5.27. The number of rotatable bonds is 6. The molecule has 4 aromatic rings. The minimum Gasteiger partial charge on any atom is -0.454 e. The highest BCUT2D eigenvalue weighted by molar-refractivity contribution is 9.10. The summed E-state index contributed by atoms with van der Waals surface area (Å²) in [5.74, 6) is 1.72. The number of aromatic amines is 1. The molecule has 1 N–H and O–H groups in total. The lowest BCUT2D eigenvalue weighted by Crippen LogP contribution is -2.31. The summed E-state index contributed by atoms with van der Waals surface area (Å²) in [6.07, 6.45) is 0. The van der Waals surface area contributed by atoms with Crippen molar-refractivity contribution in [3.8, 4) is 22.9 Å². The minimum atomic E-state index is -0.513. The highest BCUT2D eigenvalue weighted by atomic mass is 79.9. The van der Waals surface area contributed by atoms with Gasteiger partial charge in [-0.2, -0.15) is 0 Å². The van der Waals surface area contributed by atoms with E-state index >= 15 is 0 Å². The first-order valence-corrected chi connectivity index (χ1v) is 10.7. The van der Waals surface area contributed by atoms with Crippen molar-refractivity contribution >= 4 is 27.1 Å². The molecule has 3 heterocycles. The Kier molecular flexibility index (Phi) is 5.32. The Balaban J connectivity index is 1.76. The number of hydrogen-bond donors (Lipinski definition) is 1. The Morgan fingerprint density at radius 2 is 1.97 bits per heavy atom. The summed E-state index contributed by atoms with van der Waals surface area (Å²) in [4.78, 5) is 32.8. The molecule has 164 valence electrons. The van der Waals surface area contributed by atoms with Crippen LogP contribution in [0.5, 0.6) is 11.5 Å². The van der Waals surface area contributed by atoms with Crippen molar-refractivity contribution in [2.24, 2.45) is 0 Å². The second-order valence-electron chi connectivity index (χ2n) is 7.27. The van der Waals surface area contributed by atoms with Crippen LogP contribution in [0.25, 0.3) is 22.6 Å². The van der Waals surface area contributed by atoms with Crippen molar-refractivity contribution in [1.29, 1.82) is 0 Å². The molecule has 10 heteroatoms. The Hall–Kier alpha value is -3.37. The molecule has 0 fully saturated rings. The third kappa shape index (κ3) is 3.51. The van der Waals surface area contributed by atoms with Gasteiger partial charge in [0.05, 0.1) is 17.6 Å². The maximum absolute atomic E-state index is 12.9. The molecule has 5 rings (SSSR count). The van der Waals surface area contributed by atoms with E-state index in [1.54, 1.807) is 11.7 Å². The Morgan fingerprint density at radius 1 is 1.16 bits per heavy atom. The molecule has 0 bridgehead atoms. The van der Waals surface area contributed by atoms with Crippen molar-refractivity contribution in [2.45, 2.75) is 13.1 Å². The lowest BCUT2D eigenvalue weighted by Gasteiger charge is -2.10. The summed E-state index contributed by atoms with van der Waals surface area (Å²) in [6, 6.07) is 13.2. The molecular weight excluding hydrogens is 480 g/mol. The number of hydrogen-bond acceptors (Lipinski definition) is 6. The molecule has 9 nitrogen and oxygen atoms in total. The summed E-state index contributed by atoms with van der Waals surface area (Å²) in [7, 11) is 1.59. The van der Waals surface area contributed by atoms with Crippen LogP contribution >= 0.6 is 15.9 Å². The van der Waals surface area contributed by atoms with Crippen LogP contribution in [-0.4, -0.2) is 39.6 Å². The molecule has 2 aromatic carbocycles. The van der Waals surface area contributed by atoms with Crippen LogP contribution < -0.4 is 20.7 Å². The van der Waals surface area contributed by atoms with Crippen LogP contribution in [0, 0.1) is 0 Å². The van der Waals surface area contributed by atoms with E-state index in [9.17, 15) is 9.59 Å². The predicted octanol–water partition coefficient (Wildman–Crippen LogP) is 2.74. The van der Waals surface area contributed by atoms with Gasteiger partial charge in [-0.25, -0.2) is 9.78 Å². The minimum absolute atomic E-state index is 0.133. The number of imidazole rings is 1. The maximum atomic E-state index is 12.9. The van der Waals surface area contributed by atoms with Gasteiger partial charge in [-0.3, -0.25) is 14.3 Å². The smallest absolute Gasteiger partial charge is 0.330 e. The van der Waals surface area contributed by atoms with E-state index in [2.05, 4.69) is 20.9 Å². The summed E-state index contributed by atoms with van der Waals surface area (Å²) in [6.45, 7) is 1.15. The Morgan fingerprint density at radius 3 is 2.75 bits per heavy atom. The monoisotopic (exact) mass is 498 g/mol. The summed E-state index contributed by atoms with van der Waals surface area (Å²) in [5, 5.41) is 0. The predicted molar refractivity (Wildman–Crippen MR) is 121 cm³/mol. The van der Waals surface area contributed by atoms with Crippen LogP contribution in [-0.2, 0) is 17.8 Å². The standard InChI is InChI=1S/C22H19BrN4O5/c1-30-8-7-26-17-20(24-19(26)14-9-15(23)18-16(10-14)31-12-32-18)27(22(29)25-21(17)28)11-13-5-3-2-4-6-13/h2-6,9-10H,7-8,11-12H2,1H3,(H,25,28,29). The van der Waals surface area contributed by atoms with Crippen LogP contribution in [0.3, 0.4) is 0 Å². The van der Waals surface area contributed by atoms with E-state index in [-0.39, 0.29) is 13.3 Å². The number of benzene rings is 2. The molecule has 0 saturated heterocycles. The average Bonchev–Trinajstić information content (AvgIpc) is 3.41. The lowest BCUT2D eigenvalue weighted by molar-refractivity contribution is 0.173. The van der Waals surface area contributed by atoms with E-state index < -0.39 is 11.2 Å². The number of H-pyrrole nitrogens is 1. The normalized spacial score (nSPS) is 12.6. The number of nitrogens with one attached hydrogen (secondary N) is 1. The van der Waals surface area contributed by atoms with Gasteiger partial charge in [-0.1, -0.05) is 30.3 Å². The van der Waals surface area contributed by atoms with Gasteiger partial charge in [0.15, 0.2) is 22.7 Å². The highest BCUT2D eigenvalue weighted by Crippen LogP contribution is 2.42. The van der Waals surface area contributed by atoms with Crippen LogP contribution in [0.2, 0.25) is 0 Å². The average molecular weight is 499 g/mol. The van der Waals surface area contributed by atoms with Crippen LogP contribution in [0.4, 0.5) is 0 Å². The molecule has 0 atom stereocenters. The van der Waals surface area contributed by atoms with Crippen LogP contribution in [0.15, 0.2) is 56.5 Å². The van der Waals surface area contributed by atoms with Crippen molar-refractivity contribution < 1.29 is 14.2 Å². The fourth-order valence-corrected chi connectivity index (χ4v) is 4.36. The quantitative estimate of drug-likeness (QED) is 0.438.